The molecule has 3 aromatic carbocycles. The molecule has 28 heavy (non-hydrogen) atoms. The number of benzene rings is 3. The van der Waals surface area contributed by atoms with Gasteiger partial charge in [0.15, 0.2) is 11.5 Å². The Hall–Kier alpha value is -2.77. The summed E-state index contributed by atoms with van der Waals surface area (Å²) in [6.07, 6.45) is 0.458. The smallest absolute Gasteiger partial charge is 0.284 e. The number of hydrazone groups is 1. The molecule has 3 aromatic rings. The van der Waals surface area contributed by atoms with Gasteiger partial charge in [0.2, 0.25) is 6.10 Å². The van der Waals surface area contributed by atoms with Gasteiger partial charge in [0.25, 0.3) is 5.91 Å². The average Bonchev–Trinajstić information content (AvgIpc) is 2.69. The zero-order chi connectivity index (χ0) is 19.7. The molecule has 0 radical (unpaired) electrons. The van der Waals surface area contributed by atoms with E-state index in [9.17, 15) is 9.90 Å². The van der Waals surface area contributed by atoms with Gasteiger partial charge in [-0.05, 0) is 51.0 Å². The molecule has 0 unspecified atom stereocenters. The number of carbonyl (C=O) groups excluding carboxylic acids is 1. The van der Waals surface area contributed by atoms with Crippen molar-refractivity contribution >= 4 is 50.4 Å². The van der Waals surface area contributed by atoms with Crippen molar-refractivity contribution in [3.05, 3.63) is 63.6 Å². The van der Waals surface area contributed by atoms with Crippen LogP contribution in [0.3, 0.4) is 0 Å². The van der Waals surface area contributed by atoms with E-state index in [2.05, 4.69) is 26.5 Å². The summed E-state index contributed by atoms with van der Waals surface area (Å²) in [7, 11) is 0. The van der Waals surface area contributed by atoms with Crippen molar-refractivity contribution in [2.45, 2.75) is 6.10 Å². The van der Waals surface area contributed by atoms with Crippen LogP contribution in [0.15, 0.2) is 58.1 Å². The highest BCUT2D eigenvalue weighted by Crippen LogP contribution is 2.36. The molecule has 0 spiro atoms. The second kappa shape index (κ2) is 7.69. The van der Waals surface area contributed by atoms with E-state index in [0.29, 0.717) is 26.6 Å². The summed E-state index contributed by atoms with van der Waals surface area (Å²) in [5, 5.41) is 16.3. The average molecular weight is 462 g/mol. The summed E-state index contributed by atoms with van der Waals surface area (Å²) in [6, 6.07) is 14.6. The lowest BCUT2D eigenvalue weighted by atomic mass is 10.1. The Morgan fingerprint density at radius 3 is 2.68 bits per heavy atom. The third kappa shape index (κ3) is 3.76. The number of hydrogen-bond acceptors (Lipinski definition) is 5. The van der Waals surface area contributed by atoms with Gasteiger partial charge in [-0.3, -0.25) is 4.79 Å². The highest BCUT2D eigenvalue weighted by Gasteiger charge is 2.27. The number of nitrogens with one attached hydrogen (secondary N) is 1. The number of carbonyl (C=O) groups is 1. The molecule has 4 rings (SSSR count). The summed E-state index contributed by atoms with van der Waals surface area (Å²) < 4.78 is 11.9. The van der Waals surface area contributed by atoms with Crippen molar-refractivity contribution in [2.24, 2.45) is 5.10 Å². The van der Waals surface area contributed by atoms with Gasteiger partial charge in [-0.15, -0.1) is 0 Å². The molecule has 0 saturated heterocycles. The fraction of sp³-hybridized carbons (Fsp3) is 0.100. The van der Waals surface area contributed by atoms with Crippen LogP contribution in [-0.2, 0) is 4.79 Å². The van der Waals surface area contributed by atoms with E-state index in [1.165, 1.54) is 12.3 Å². The summed E-state index contributed by atoms with van der Waals surface area (Å²) in [4.78, 5) is 12.4. The maximum absolute atomic E-state index is 12.4. The van der Waals surface area contributed by atoms with Crippen molar-refractivity contribution in [1.29, 1.82) is 0 Å². The molecule has 0 fully saturated rings. The predicted octanol–water partition coefficient (Wildman–Crippen LogP) is 4.25. The summed E-state index contributed by atoms with van der Waals surface area (Å²) in [6.45, 7) is 0.0701. The quantitative estimate of drug-likeness (QED) is 0.451. The lowest BCUT2D eigenvalue weighted by Gasteiger charge is -2.25. The first-order chi connectivity index (χ1) is 13.5. The number of nitrogens with zero attached hydrogens (tertiary/aromatic N) is 1. The van der Waals surface area contributed by atoms with Crippen LogP contribution >= 0.6 is 27.5 Å². The van der Waals surface area contributed by atoms with Gasteiger partial charge in [0, 0.05) is 10.6 Å². The molecular formula is C20H14BrClN2O4. The molecule has 0 aliphatic carbocycles. The van der Waals surface area contributed by atoms with E-state index in [1.807, 2.05) is 36.4 Å². The SMILES string of the molecule is O=C(N/N=C/c1cc(Cl)cc(Br)c1O)[C@H]1COc2cc3ccccc3cc2O1. The van der Waals surface area contributed by atoms with Crippen LogP contribution in [0.1, 0.15) is 5.56 Å². The molecule has 1 aliphatic heterocycles. The molecular weight excluding hydrogens is 448 g/mol. The molecule has 2 N–H and O–H groups in total. The number of phenols is 1. The van der Waals surface area contributed by atoms with Crippen molar-refractivity contribution in [1.82, 2.24) is 5.43 Å². The van der Waals surface area contributed by atoms with E-state index in [1.54, 1.807) is 6.07 Å². The molecule has 0 aromatic heterocycles. The topological polar surface area (TPSA) is 80.2 Å². The van der Waals surface area contributed by atoms with E-state index >= 15 is 0 Å². The molecule has 0 saturated carbocycles. The fourth-order valence-corrected chi connectivity index (χ4v) is 3.64. The molecule has 8 heteroatoms. The number of fused-ring (bicyclic) bond motifs is 2. The first kappa shape index (κ1) is 18.6. The number of halogens is 2. The standard InChI is InChI=1S/C20H14BrClN2O4/c21-15-8-14(22)5-13(19(15)25)9-23-24-20(26)18-10-27-16-6-11-3-1-2-4-12(11)7-17(16)28-18/h1-9,18,25H,10H2,(H,24,26)/b23-9+/t18-/m1/s1. The number of ether oxygens (including phenoxy) is 2. The van der Waals surface area contributed by atoms with E-state index in [0.717, 1.165) is 10.8 Å². The first-order valence-electron chi connectivity index (χ1n) is 8.34. The Kier molecular flexibility index (Phi) is 5.11. The van der Waals surface area contributed by atoms with Gasteiger partial charge in [-0.1, -0.05) is 35.9 Å². The Morgan fingerprint density at radius 2 is 1.93 bits per heavy atom. The molecule has 1 heterocycles. The van der Waals surface area contributed by atoms with Crippen LogP contribution in [-0.4, -0.2) is 29.9 Å². The highest BCUT2D eigenvalue weighted by atomic mass is 79.9. The Balaban J connectivity index is 1.46. The Bertz CT molecular complexity index is 1100. The largest absolute Gasteiger partial charge is 0.506 e. The van der Waals surface area contributed by atoms with E-state index in [4.69, 9.17) is 21.1 Å². The number of phenolic OH excluding ortho intramolecular Hbond substituents is 1. The van der Waals surface area contributed by atoms with Gasteiger partial charge >= 0.3 is 0 Å². The maximum atomic E-state index is 12.4. The summed E-state index contributed by atoms with van der Waals surface area (Å²) in [5.41, 5.74) is 2.75. The van der Waals surface area contributed by atoms with Crippen molar-refractivity contribution in [3.8, 4) is 17.2 Å². The minimum absolute atomic E-state index is 0.0274. The molecule has 6 nitrogen and oxygen atoms in total. The molecule has 0 bridgehead atoms. The fourth-order valence-electron chi connectivity index (χ4n) is 2.81. The van der Waals surface area contributed by atoms with Gasteiger partial charge in [0.1, 0.15) is 12.4 Å². The van der Waals surface area contributed by atoms with Crippen LogP contribution in [0.4, 0.5) is 0 Å². The maximum Gasteiger partial charge on any atom is 0.284 e. The summed E-state index contributed by atoms with van der Waals surface area (Å²) >= 11 is 9.14. The third-order valence-corrected chi connectivity index (χ3v) is 5.02. The van der Waals surface area contributed by atoms with Gasteiger partial charge in [-0.25, -0.2) is 5.43 Å². The minimum Gasteiger partial charge on any atom is -0.506 e. The van der Waals surface area contributed by atoms with E-state index < -0.39 is 12.0 Å². The zero-order valence-electron chi connectivity index (χ0n) is 14.4. The van der Waals surface area contributed by atoms with Gasteiger partial charge in [-0.2, -0.15) is 5.10 Å². The van der Waals surface area contributed by atoms with Gasteiger partial charge < -0.3 is 14.6 Å². The van der Waals surface area contributed by atoms with Crippen molar-refractivity contribution in [3.63, 3.8) is 0 Å². The third-order valence-electron chi connectivity index (χ3n) is 4.20. The first-order valence-corrected chi connectivity index (χ1v) is 9.51. The molecule has 1 aliphatic rings. The van der Waals surface area contributed by atoms with Crippen LogP contribution in [0.5, 0.6) is 17.2 Å². The number of rotatable bonds is 3. The minimum atomic E-state index is -0.842. The Morgan fingerprint density at radius 1 is 1.21 bits per heavy atom. The van der Waals surface area contributed by atoms with Crippen molar-refractivity contribution < 1.29 is 19.4 Å². The van der Waals surface area contributed by atoms with Crippen LogP contribution in [0.25, 0.3) is 10.8 Å². The van der Waals surface area contributed by atoms with Crippen LogP contribution < -0.4 is 14.9 Å². The molecule has 1 amide bonds. The Labute approximate surface area is 173 Å². The zero-order valence-corrected chi connectivity index (χ0v) is 16.7. The number of hydrogen-bond donors (Lipinski definition) is 2. The van der Waals surface area contributed by atoms with E-state index in [-0.39, 0.29) is 12.4 Å². The van der Waals surface area contributed by atoms with Crippen LogP contribution in [0.2, 0.25) is 5.02 Å². The second-order valence-corrected chi connectivity index (χ2v) is 7.41. The van der Waals surface area contributed by atoms with Crippen LogP contribution in [0, 0.1) is 0 Å². The lowest BCUT2D eigenvalue weighted by Crippen LogP contribution is -2.42. The number of aromatic hydroxyl groups is 1. The molecule has 1 atom stereocenters. The normalized spacial score (nSPS) is 15.7. The summed E-state index contributed by atoms with van der Waals surface area (Å²) in [5.74, 6) is 0.613. The predicted molar refractivity (Wildman–Crippen MR) is 110 cm³/mol. The second-order valence-electron chi connectivity index (χ2n) is 6.12. The highest BCUT2D eigenvalue weighted by molar-refractivity contribution is 9.10. The lowest BCUT2D eigenvalue weighted by molar-refractivity contribution is -0.130. The molecule has 142 valence electrons. The van der Waals surface area contributed by atoms with Crippen molar-refractivity contribution in [2.75, 3.05) is 6.61 Å². The van der Waals surface area contributed by atoms with Gasteiger partial charge in [0.05, 0.1) is 10.7 Å². The monoisotopic (exact) mass is 460 g/mol. The number of amides is 1.